The van der Waals surface area contributed by atoms with Crippen molar-refractivity contribution in [3.05, 3.63) is 46.8 Å². The molecule has 0 aliphatic rings. The molecule has 1 N–H and O–H groups in total. The first kappa shape index (κ1) is 16.2. The first-order chi connectivity index (χ1) is 9.34. The molecule has 0 atom stereocenters. The third kappa shape index (κ3) is 3.38. The topological polar surface area (TPSA) is 101 Å². The fraction of sp³-hybridized carbons (Fsp3) is 0.273. The lowest BCUT2D eigenvalue weighted by Crippen LogP contribution is -2.33. The van der Waals surface area contributed by atoms with Gasteiger partial charge in [-0.15, -0.1) is 6.58 Å². The summed E-state index contributed by atoms with van der Waals surface area (Å²) in [5.41, 5.74) is -0.804. The van der Waals surface area contributed by atoms with Crippen LogP contribution in [0.4, 0.5) is 10.1 Å². The van der Waals surface area contributed by atoms with Crippen LogP contribution in [0, 0.1) is 15.9 Å². The second kappa shape index (κ2) is 6.55. The molecule has 0 aliphatic heterocycles. The van der Waals surface area contributed by atoms with E-state index in [1.54, 1.807) is 0 Å². The molecule has 0 heterocycles. The van der Waals surface area contributed by atoms with Gasteiger partial charge in [0.15, 0.2) is 0 Å². The quantitative estimate of drug-likeness (QED) is 0.458. The Bertz CT molecular complexity index is 617. The molecule has 0 amide bonds. The Morgan fingerprint density at radius 1 is 1.50 bits per heavy atom. The molecule has 0 saturated heterocycles. The summed E-state index contributed by atoms with van der Waals surface area (Å²) in [6.07, 6.45) is 1.31. The van der Waals surface area contributed by atoms with E-state index in [0.717, 1.165) is 16.4 Å². The van der Waals surface area contributed by atoms with Crippen LogP contribution >= 0.6 is 0 Å². The molecular formula is C11H13FN2O5S. The van der Waals surface area contributed by atoms with Gasteiger partial charge < -0.3 is 5.11 Å². The smallest absolute Gasteiger partial charge is 0.304 e. The Morgan fingerprint density at radius 2 is 2.15 bits per heavy atom. The Kier molecular flexibility index (Phi) is 5.31. The van der Waals surface area contributed by atoms with Crippen LogP contribution in [0.1, 0.15) is 0 Å². The zero-order valence-electron chi connectivity index (χ0n) is 10.4. The second-order valence-electron chi connectivity index (χ2n) is 3.75. The predicted octanol–water partition coefficient (Wildman–Crippen LogP) is 0.903. The van der Waals surface area contributed by atoms with Crippen LogP contribution in [-0.4, -0.2) is 42.4 Å². The van der Waals surface area contributed by atoms with E-state index in [4.69, 9.17) is 5.11 Å². The van der Waals surface area contributed by atoms with Crippen molar-refractivity contribution in [1.29, 1.82) is 0 Å². The van der Waals surface area contributed by atoms with Gasteiger partial charge in [0.2, 0.25) is 15.8 Å². The first-order valence-electron chi connectivity index (χ1n) is 5.50. The molecule has 9 heteroatoms. The van der Waals surface area contributed by atoms with E-state index in [1.165, 1.54) is 6.08 Å². The summed E-state index contributed by atoms with van der Waals surface area (Å²) in [4.78, 5) is 9.12. The van der Waals surface area contributed by atoms with Crippen molar-refractivity contribution in [1.82, 2.24) is 4.31 Å². The fourth-order valence-corrected chi connectivity index (χ4v) is 2.92. The molecule has 1 aromatic rings. The van der Waals surface area contributed by atoms with E-state index in [-0.39, 0.29) is 13.1 Å². The summed E-state index contributed by atoms with van der Waals surface area (Å²) < 4.78 is 38.7. The summed E-state index contributed by atoms with van der Waals surface area (Å²) >= 11 is 0. The number of aliphatic hydroxyl groups excluding tert-OH is 1. The average molecular weight is 304 g/mol. The number of aliphatic hydroxyl groups is 1. The standard InChI is InChI=1S/C11H13FN2O5S/c1-2-5-13(6-7-15)20(18,19)9-3-4-11(14(16)17)10(12)8-9/h2-4,8,15H,1,5-7H2. The number of hydrogen-bond donors (Lipinski definition) is 1. The number of halogens is 1. The Balaban J connectivity index is 3.24. The van der Waals surface area contributed by atoms with Crippen LogP contribution in [0.3, 0.4) is 0 Å². The number of nitro benzene ring substituents is 1. The van der Waals surface area contributed by atoms with E-state index in [0.29, 0.717) is 6.07 Å². The molecule has 20 heavy (non-hydrogen) atoms. The number of nitro groups is 1. The highest BCUT2D eigenvalue weighted by Crippen LogP contribution is 2.23. The maximum atomic E-state index is 13.5. The molecule has 0 bridgehead atoms. The van der Waals surface area contributed by atoms with Gasteiger partial charge in [-0.25, -0.2) is 8.42 Å². The Hall–Kier alpha value is -1.84. The lowest BCUT2D eigenvalue weighted by Gasteiger charge is -2.19. The average Bonchev–Trinajstić information content (AvgIpc) is 2.37. The second-order valence-corrected chi connectivity index (χ2v) is 5.68. The molecule has 7 nitrogen and oxygen atoms in total. The highest BCUT2D eigenvalue weighted by atomic mass is 32.2. The maximum Gasteiger partial charge on any atom is 0.304 e. The monoisotopic (exact) mass is 304 g/mol. The van der Waals surface area contributed by atoms with Crippen molar-refractivity contribution >= 4 is 15.7 Å². The van der Waals surface area contributed by atoms with Crippen molar-refractivity contribution in [2.24, 2.45) is 0 Å². The zero-order chi connectivity index (χ0) is 15.3. The number of hydrogen-bond acceptors (Lipinski definition) is 5. The van der Waals surface area contributed by atoms with Gasteiger partial charge in [-0.05, 0) is 6.07 Å². The molecule has 1 aromatic carbocycles. The molecule has 0 radical (unpaired) electrons. The van der Waals surface area contributed by atoms with Gasteiger partial charge >= 0.3 is 5.69 Å². The van der Waals surface area contributed by atoms with Crippen LogP contribution in [0.25, 0.3) is 0 Å². The van der Waals surface area contributed by atoms with Crippen molar-refractivity contribution in [2.45, 2.75) is 4.90 Å². The highest BCUT2D eigenvalue weighted by Gasteiger charge is 2.25. The van der Waals surface area contributed by atoms with Gasteiger partial charge in [0.05, 0.1) is 16.4 Å². The number of benzene rings is 1. The van der Waals surface area contributed by atoms with Gasteiger partial charge in [-0.3, -0.25) is 10.1 Å². The van der Waals surface area contributed by atoms with E-state index >= 15 is 0 Å². The van der Waals surface area contributed by atoms with Crippen molar-refractivity contribution in [3.63, 3.8) is 0 Å². The largest absolute Gasteiger partial charge is 0.395 e. The minimum Gasteiger partial charge on any atom is -0.395 e. The minimum atomic E-state index is -4.05. The molecule has 0 aliphatic carbocycles. The van der Waals surface area contributed by atoms with E-state index in [2.05, 4.69) is 6.58 Å². The SMILES string of the molecule is C=CCN(CCO)S(=O)(=O)c1ccc([N+](=O)[O-])c(F)c1. The van der Waals surface area contributed by atoms with Gasteiger partial charge in [0.25, 0.3) is 0 Å². The summed E-state index contributed by atoms with van der Waals surface area (Å²) in [5, 5.41) is 19.3. The van der Waals surface area contributed by atoms with E-state index in [1.807, 2.05) is 0 Å². The molecule has 1 rings (SSSR count). The number of rotatable bonds is 7. The zero-order valence-corrected chi connectivity index (χ0v) is 11.2. The molecule has 0 aromatic heterocycles. The predicted molar refractivity (Wildman–Crippen MR) is 69.1 cm³/mol. The Labute approximate surface area is 115 Å². The molecule has 0 unspecified atom stereocenters. The first-order valence-corrected chi connectivity index (χ1v) is 6.94. The van der Waals surface area contributed by atoms with Crippen LogP contribution in [0.15, 0.2) is 35.7 Å². The van der Waals surface area contributed by atoms with Gasteiger partial charge in [0, 0.05) is 25.2 Å². The lowest BCUT2D eigenvalue weighted by molar-refractivity contribution is -0.387. The highest BCUT2D eigenvalue weighted by molar-refractivity contribution is 7.89. The van der Waals surface area contributed by atoms with Crippen LogP contribution < -0.4 is 0 Å². The van der Waals surface area contributed by atoms with Gasteiger partial charge in [-0.1, -0.05) is 6.08 Å². The summed E-state index contributed by atoms with van der Waals surface area (Å²) in [6.45, 7) is 2.72. The maximum absolute atomic E-state index is 13.5. The van der Waals surface area contributed by atoms with Crippen molar-refractivity contribution < 1.29 is 22.8 Å². The number of nitrogens with zero attached hydrogens (tertiary/aromatic N) is 2. The summed E-state index contributed by atoms with van der Waals surface area (Å²) in [5.74, 6) is -1.24. The van der Waals surface area contributed by atoms with E-state index in [9.17, 15) is 22.9 Å². The van der Waals surface area contributed by atoms with Crippen molar-refractivity contribution in [2.75, 3.05) is 19.7 Å². The van der Waals surface area contributed by atoms with Gasteiger partial charge in [-0.2, -0.15) is 8.70 Å². The van der Waals surface area contributed by atoms with Gasteiger partial charge in [0.1, 0.15) is 0 Å². The molecule has 110 valence electrons. The third-order valence-corrected chi connectivity index (χ3v) is 4.30. The van der Waals surface area contributed by atoms with Crippen molar-refractivity contribution in [3.8, 4) is 0 Å². The van der Waals surface area contributed by atoms with Crippen LogP contribution in [0.5, 0.6) is 0 Å². The lowest BCUT2D eigenvalue weighted by atomic mass is 10.3. The van der Waals surface area contributed by atoms with Crippen LogP contribution in [0.2, 0.25) is 0 Å². The minimum absolute atomic E-state index is 0.0680. The van der Waals surface area contributed by atoms with Crippen LogP contribution in [-0.2, 0) is 10.0 Å². The number of sulfonamides is 1. The fourth-order valence-electron chi connectivity index (χ4n) is 1.51. The molecule has 0 spiro atoms. The normalized spacial score (nSPS) is 11.6. The molecule has 0 saturated carbocycles. The molecule has 0 fully saturated rings. The molecular weight excluding hydrogens is 291 g/mol. The summed E-state index contributed by atoms with van der Waals surface area (Å²) in [6, 6.07) is 2.32. The van der Waals surface area contributed by atoms with E-state index < -0.39 is 38.0 Å². The Morgan fingerprint density at radius 3 is 2.60 bits per heavy atom. The third-order valence-electron chi connectivity index (χ3n) is 2.44. The summed E-state index contributed by atoms with van der Waals surface area (Å²) in [7, 11) is -4.05.